The number of aromatic amines is 1. The Hall–Kier alpha value is -3.32. The molecular formula is C20H18ClFN2O4. The van der Waals surface area contributed by atoms with E-state index >= 15 is 0 Å². The predicted octanol–water partition coefficient (Wildman–Crippen LogP) is 4.12. The van der Waals surface area contributed by atoms with Crippen molar-refractivity contribution in [3.8, 4) is 11.5 Å². The van der Waals surface area contributed by atoms with Crippen LogP contribution in [0.15, 0.2) is 76.4 Å². The molecule has 0 aliphatic carbocycles. The van der Waals surface area contributed by atoms with Gasteiger partial charge < -0.3 is 19.8 Å². The van der Waals surface area contributed by atoms with E-state index < -0.39 is 11.7 Å². The summed E-state index contributed by atoms with van der Waals surface area (Å²) in [5.74, 6) is -0.593. The van der Waals surface area contributed by atoms with Crippen LogP contribution in [0.4, 0.5) is 10.1 Å². The summed E-state index contributed by atoms with van der Waals surface area (Å²) < 4.78 is 24.3. The lowest BCUT2D eigenvalue weighted by atomic mass is 10.1. The number of hydrogen-bond acceptors (Lipinski definition) is 4. The van der Waals surface area contributed by atoms with Crippen LogP contribution in [0.25, 0.3) is 0 Å². The molecule has 146 valence electrons. The molecule has 28 heavy (non-hydrogen) atoms. The molecule has 1 heterocycles. The van der Waals surface area contributed by atoms with Gasteiger partial charge in [-0.3, -0.25) is 9.59 Å². The highest BCUT2D eigenvalue weighted by Gasteiger charge is 2.19. The lowest BCUT2D eigenvalue weighted by molar-refractivity contribution is -0.112. The van der Waals surface area contributed by atoms with Crippen molar-refractivity contribution in [2.45, 2.75) is 6.92 Å². The fourth-order valence-corrected chi connectivity index (χ4v) is 2.35. The number of ether oxygens (including phenoxy) is 2. The number of methoxy groups -OCH3 is 1. The molecule has 0 bridgehead atoms. The Morgan fingerprint density at radius 1 is 1.29 bits per heavy atom. The fourth-order valence-electron chi connectivity index (χ4n) is 2.24. The zero-order valence-electron chi connectivity index (χ0n) is 15.2. The molecule has 0 saturated heterocycles. The molecule has 2 aromatic rings. The normalized spacial score (nSPS) is 11.7. The highest BCUT2D eigenvalue weighted by atomic mass is 35.5. The van der Waals surface area contributed by atoms with Gasteiger partial charge in [0.1, 0.15) is 11.6 Å². The molecule has 1 amide bonds. The zero-order chi connectivity index (χ0) is 20.7. The van der Waals surface area contributed by atoms with Crippen LogP contribution in [0.3, 0.4) is 0 Å². The van der Waals surface area contributed by atoms with Crippen molar-refractivity contribution >= 4 is 23.2 Å². The number of rotatable bonds is 7. The molecule has 2 rings (SSSR count). The molecule has 0 unspecified atom stereocenters. The summed E-state index contributed by atoms with van der Waals surface area (Å²) in [7, 11) is 1.37. The Labute approximate surface area is 165 Å². The van der Waals surface area contributed by atoms with Crippen molar-refractivity contribution in [2.75, 3.05) is 12.4 Å². The van der Waals surface area contributed by atoms with Crippen molar-refractivity contribution in [1.29, 1.82) is 0 Å². The summed E-state index contributed by atoms with van der Waals surface area (Å²) >= 11 is 5.87. The number of nitrogens with one attached hydrogen (secondary N) is 2. The smallest absolute Gasteiger partial charge is 0.259 e. The molecule has 0 aliphatic rings. The zero-order valence-corrected chi connectivity index (χ0v) is 16.0. The average molecular weight is 405 g/mol. The van der Waals surface area contributed by atoms with Gasteiger partial charge in [0, 0.05) is 29.0 Å². The van der Waals surface area contributed by atoms with E-state index in [9.17, 15) is 14.0 Å². The Bertz CT molecular complexity index is 1010. The Kier molecular flexibility index (Phi) is 7.17. The van der Waals surface area contributed by atoms with Gasteiger partial charge in [-0.25, -0.2) is 4.39 Å². The molecule has 6 nitrogen and oxygen atoms in total. The molecule has 2 N–H and O–H groups in total. The van der Waals surface area contributed by atoms with Gasteiger partial charge in [0.25, 0.3) is 5.91 Å². The van der Waals surface area contributed by atoms with Crippen LogP contribution in [-0.4, -0.2) is 18.0 Å². The predicted molar refractivity (Wildman–Crippen MR) is 106 cm³/mol. The average Bonchev–Trinajstić information content (AvgIpc) is 2.65. The highest BCUT2D eigenvalue weighted by molar-refractivity contribution is 6.31. The number of aromatic nitrogens is 1. The maximum Gasteiger partial charge on any atom is 0.259 e. The van der Waals surface area contributed by atoms with E-state index in [1.807, 2.05) is 0 Å². The van der Waals surface area contributed by atoms with E-state index in [2.05, 4.69) is 16.9 Å². The van der Waals surface area contributed by atoms with Crippen molar-refractivity contribution < 1.29 is 18.7 Å². The van der Waals surface area contributed by atoms with E-state index in [4.69, 9.17) is 21.1 Å². The molecule has 1 aromatic carbocycles. The van der Waals surface area contributed by atoms with Crippen LogP contribution in [0.1, 0.15) is 6.92 Å². The first-order valence-corrected chi connectivity index (χ1v) is 8.46. The monoisotopic (exact) mass is 404 g/mol. The van der Waals surface area contributed by atoms with Gasteiger partial charge in [0.05, 0.1) is 12.7 Å². The van der Waals surface area contributed by atoms with Crippen LogP contribution >= 0.6 is 11.6 Å². The second-order valence-electron chi connectivity index (χ2n) is 5.45. The van der Waals surface area contributed by atoms with Gasteiger partial charge >= 0.3 is 0 Å². The molecule has 0 aliphatic heterocycles. The topological polar surface area (TPSA) is 80.4 Å². The SMILES string of the molecule is C=C(Cl)/C=C(C(=O)Nc1cc[nH]c(=O)c1)\C(=C/C)Oc1ccc(F)cc1OC. The summed E-state index contributed by atoms with van der Waals surface area (Å²) in [6.45, 7) is 5.21. The number of carbonyl (C=O) groups excluding carboxylic acids is 1. The van der Waals surface area contributed by atoms with Crippen LogP contribution < -0.4 is 20.3 Å². The van der Waals surface area contributed by atoms with Crippen LogP contribution in [-0.2, 0) is 4.79 Å². The van der Waals surface area contributed by atoms with E-state index in [1.54, 1.807) is 6.92 Å². The number of anilines is 1. The van der Waals surface area contributed by atoms with Crippen LogP contribution in [0, 0.1) is 5.82 Å². The molecule has 0 saturated carbocycles. The van der Waals surface area contributed by atoms with Crippen LogP contribution in [0.2, 0.25) is 0 Å². The maximum absolute atomic E-state index is 13.4. The largest absolute Gasteiger partial charge is 0.493 e. The standard InChI is InChI=1S/C20H18ClFN2O4/c1-4-16(28-17-6-5-13(22)10-18(17)27-3)15(9-12(2)21)20(26)24-14-7-8-23-19(25)11-14/h4-11H,2H2,1,3H3,(H2,23,24,25,26)/b15-9+,16-4+. The number of H-pyrrole nitrogens is 1. The number of benzene rings is 1. The number of pyridine rings is 1. The number of hydrogen-bond donors (Lipinski definition) is 2. The summed E-state index contributed by atoms with van der Waals surface area (Å²) in [6.07, 6.45) is 4.25. The number of halogens is 2. The number of allylic oxidation sites excluding steroid dienone is 3. The molecular weight excluding hydrogens is 387 g/mol. The summed E-state index contributed by atoms with van der Waals surface area (Å²) in [6, 6.07) is 6.48. The minimum Gasteiger partial charge on any atom is -0.493 e. The third-order valence-electron chi connectivity index (χ3n) is 3.45. The van der Waals surface area contributed by atoms with Gasteiger partial charge in [-0.1, -0.05) is 18.2 Å². The van der Waals surface area contributed by atoms with Gasteiger partial charge in [0.2, 0.25) is 5.56 Å². The highest BCUT2D eigenvalue weighted by Crippen LogP contribution is 2.31. The van der Waals surface area contributed by atoms with E-state index in [0.717, 1.165) is 6.07 Å². The Morgan fingerprint density at radius 3 is 2.64 bits per heavy atom. The van der Waals surface area contributed by atoms with Crippen LogP contribution in [0.5, 0.6) is 11.5 Å². The molecule has 8 heteroatoms. The second-order valence-corrected chi connectivity index (χ2v) is 5.94. The van der Waals surface area contributed by atoms with Gasteiger partial charge in [-0.15, -0.1) is 0 Å². The first kappa shape index (κ1) is 21.0. The fraction of sp³-hybridized carbons (Fsp3) is 0.100. The summed E-state index contributed by atoms with van der Waals surface area (Å²) in [5.41, 5.74) is -0.0348. The first-order valence-electron chi connectivity index (χ1n) is 8.08. The van der Waals surface area contributed by atoms with Crippen molar-refractivity contribution in [2.24, 2.45) is 0 Å². The second kappa shape index (κ2) is 9.57. The van der Waals surface area contributed by atoms with E-state index in [-0.39, 0.29) is 39.1 Å². The minimum atomic E-state index is -0.582. The van der Waals surface area contributed by atoms with Crippen molar-refractivity contribution in [3.05, 3.63) is 87.8 Å². The Morgan fingerprint density at radius 2 is 2.04 bits per heavy atom. The minimum absolute atomic E-state index is 0.0501. The molecule has 0 fully saturated rings. The molecule has 0 radical (unpaired) electrons. The summed E-state index contributed by atoms with van der Waals surface area (Å²) in [4.78, 5) is 26.6. The van der Waals surface area contributed by atoms with Crippen molar-refractivity contribution in [1.82, 2.24) is 4.98 Å². The molecule has 0 spiro atoms. The van der Waals surface area contributed by atoms with Gasteiger partial charge in [-0.05, 0) is 37.3 Å². The van der Waals surface area contributed by atoms with Gasteiger partial charge in [0.15, 0.2) is 11.5 Å². The lowest BCUT2D eigenvalue weighted by Gasteiger charge is -2.16. The third kappa shape index (κ3) is 5.59. The third-order valence-corrected chi connectivity index (χ3v) is 3.56. The molecule has 1 aromatic heterocycles. The molecule has 0 atom stereocenters. The van der Waals surface area contributed by atoms with E-state index in [0.29, 0.717) is 0 Å². The quantitative estimate of drug-likeness (QED) is 0.413. The van der Waals surface area contributed by atoms with Crippen molar-refractivity contribution in [3.63, 3.8) is 0 Å². The Balaban J connectivity index is 2.36. The van der Waals surface area contributed by atoms with Gasteiger partial charge in [-0.2, -0.15) is 0 Å². The number of carbonyl (C=O) groups is 1. The lowest BCUT2D eigenvalue weighted by Crippen LogP contribution is -2.19. The summed E-state index contributed by atoms with van der Waals surface area (Å²) in [5, 5.41) is 2.68. The van der Waals surface area contributed by atoms with E-state index in [1.165, 1.54) is 49.7 Å². The maximum atomic E-state index is 13.4. The number of amides is 1. The first-order chi connectivity index (χ1) is 13.3.